The lowest BCUT2D eigenvalue weighted by Crippen LogP contribution is -2.13. The van der Waals surface area contributed by atoms with Gasteiger partial charge in [-0.2, -0.15) is 0 Å². The molecule has 0 saturated carbocycles. The number of amides is 1. The van der Waals surface area contributed by atoms with E-state index in [1.807, 2.05) is 72.8 Å². The van der Waals surface area contributed by atoms with E-state index in [1.165, 1.54) is 0 Å². The van der Waals surface area contributed by atoms with Crippen molar-refractivity contribution >= 4 is 23.7 Å². The molecule has 0 bridgehead atoms. The molecule has 132 valence electrons. The Morgan fingerprint density at radius 1 is 0.962 bits per heavy atom. The second-order valence-corrected chi connectivity index (χ2v) is 5.88. The Bertz CT molecular complexity index is 855. The zero-order valence-corrected chi connectivity index (χ0v) is 14.9. The molecule has 1 aliphatic rings. The van der Waals surface area contributed by atoms with Crippen molar-refractivity contribution in [2.24, 2.45) is 0 Å². The number of allylic oxidation sites excluding steroid dienone is 3. The van der Waals surface area contributed by atoms with Gasteiger partial charge >= 0.3 is 0 Å². The summed E-state index contributed by atoms with van der Waals surface area (Å²) in [5, 5.41) is 2.91. The van der Waals surface area contributed by atoms with Crippen LogP contribution >= 0.6 is 0 Å². The van der Waals surface area contributed by atoms with E-state index in [0.29, 0.717) is 6.42 Å². The van der Waals surface area contributed by atoms with E-state index in [1.54, 1.807) is 14.2 Å². The predicted molar refractivity (Wildman–Crippen MR) is 105 cm³/mol. The topological polar surface area (TPSA) is 47.6 Å². The molecule has 0 spiro atoms. The fraction of sp³-hybridized carbons (Fsp3) is 0.136. The maximum absolute atomic E-state index is 12.1. The molecular formula is C22H21NO3. The van der Waals surface area contributed by atoms with Crippen LogP contribution in [-0.4, -0.2) is 20.1 Å². The Hall–Kier alpha value is -3.27. The molecule has 0 unspecified atom stereocenters. The Balaban J connectivity index is 1.67. The van der Waals surface area contributed by atoms with Crippen LogP contribution in [0, 0.1) is 0 Å². The van der Waals surface area contributed by atoms with Crippen molar-refractivity contribution < 1.29 is 14.3 Å². The summed E-state index contributed by atoms with van der Waals surface area (Å²) in [4.78, 5) is 12.1. The molecule has 2 aromatic rings. The highest BCUT2D eigenvalue weighted by Crippen LogP contribution is 2.24. The monoisotopic (exact) mass is 347 g/mol. The molecule has 1 aliphatic carbocycles. The molecule has 3 rings (SSSR count). The Morgan fingerprint density at radius 2 is 1.62 bits per heavy atom. The van der Waals surface area contributed by atoms with E-state index in [-0.39, 0.29) is 5.91 Å². The van der Waals surface area contributed by atoms with Crippen LogP contribution in [0.4, 0.5) is 5.69 Å². The summed E-state index contributed by atoms with van der Waals surface area (Å²) >= 11 is 0. The molecule has 0 aromatic heterocycles. The number of anilines is 1. The molecule has 1 N–H and O–H groups in total. The van der Waals surface area contributed by atoms with E-state index < -0.39 is 0 Å². The van der Waals surface area contributed by atoms with Crippen molar-refractivity contribution in [1.29, 1.82) is 0 Å². The van der Waals surface area contributed by atoms with E-state index >= 15 is 0 Å². The lowest BCUT2D eigenvalue weighted by Gasteiger charge is -2.07. The maximum atomic E-state index is 12.1. The summed E-state index contributed by atoms with van der Waals surface area (Å²) < 4.78 is 10.6. The second kappa shape index (κ2) is 8.21. The van der Waals surface area contributed by atoms with Gasteiger partial charge < -0.3 is 14.8 Å². The van der Waals surface area contributed by atoms with Crippen LogP contribution in [-0.2, 0) is 4.79 Å². The van der Waals surface area contributed by atoms with Gasteiger partial charge in [0.2, 0.25) is 0 Å². The fourth-order valence-corrected chi connectivity index (χ4v) is 2.62. The number of carbonyl (C=O) groups excluding carboxylic acids is 1. The molecule has 1 amide bonds. The van der Waals surface area contributed by atoms with Gasteiger partial charge in [0.15, 0.2) is 0 Å². The third-order valence-electron chi connectivity index (χ3n) is 4.07. The summed E-state index contributed by atoms with van der Waals surface area (Å²) in [5.74, 6) is 1.44. The first kappa shape index (κ1) is 17.5. The van der Waals surface area contributed by atoms with Crippen molar-refractivity contribution in [2.45, 2.75) is 6.42 Å². The zero-order chi connectivity index (χ0) is 18.4. The molecule has 0 aliphatic heterocycles. The molecule has 4 heteroatoms. The highest BCUT2D eigenvalue weighted by atomic mass is 16.5. The van der Waals surface area contributed by atoms with Gasteiger partial charge in [-0.15, -0.1) is 0 Å². The van der Waals surface area contributed by atoms with E-state index in [0.717, 1.165) is 33.9 Å². The molecule has 4 nitrogen and oxygen atoms in total. The van der Waals surface area contributed by atoms with E-state index in [9.17, 15) is 4.79 Å². The van der Waals surface area contributed by atoms with Crippen molar-refractivity contribution in [3.63, 3.8) is 0 Å². The maximum Gasteiger partial charge on any atom is 0.251 e. The molecule has 0 fully saturated rings. The average molecular weight is 347 g/mol. The third-order valence-corrected chi connectivity index (χ3v) is 4.07. The Kier molecular flexibility index (Phi) is 5.54. The summed E-state index contributed by atoms with van der Waals surface area (Å²) in [6, 6.07) is 13.4. The van der Waals surface area contributed by atoms with Gasteiger partial charge in [0.05, 0.1) is 14.2 Å². The van der Waals surface area contributed by atoms with Crippen LogP contribution in [0.15, 0.2) is 66.3 Å². The third kappa shape index (κ3) is 4.42. The largest absolute Gasteiger partial charge is 0.497 e. The predicted octanol–water partition coefficient (Wildman–Crippen LogP) is 4.70. The minimum atomic E-state index is -0.0539. The minimum absolute atomic E-state index is 0.0539. The number of ether oxygens (including phenoxy) is 2. The number of hydrogen-bond acceptors (Lipinski definition) is 3. The van der Waals surface area contributed by atoms with Crippen molar-refractivity contribution in [1.82, 2.24) is 0 Å². The van der Waals surface area contributed by atoms with Crippen LogP contribution in [0.5, 0.6) is 11.5 Å². The number of carbonyl (C=O) groups is 1. The molecule has 0 heterocycles. The molecule has 26 heavy (non-hydrogen) atoms. The van der Waals surface area contributed by atoms with Crippen LogP contribution in [0.2, 0.25) is 0 Å². The summed E-state index contributed by atoms with van der Waals surface area (Å²) in [7, 11) is 3.26. The molecule has 0 atom stereocenters. The minimum Gasteiger partial charge on any atom is -0.497 e. The van der Waals surface area contributed by atoms with Gasteiger partial charge in [0, 0.05) is 17.3 Å². The van der Waals surface area contributed by atoms with Crippen LogP contribution in [0.25, 0.3) is 12.2 Å². The molecular weight excluding hydrogens is 326 g/mol. The second-order valence-electron chi connectivity index (χ2n) is 5.88. The normalized spacial score (nSPS) is 12.9. The lowest BCUT2D eigenvalue weighted by molar-refractivity contribution is -0.112. The van der Waals surface area contributed by atoms with Gasteiger partial charge in [0.1, 0.15) is 11.5 Å². The number of hydrogen-bond donors (Lipinski definition) is 1. The number of benzene rings is 2. The van der Waals surface area contributed by atoms with Gasteiger partial charge in [-0.05, 0) is 41.8 Å². The number of rotatable bonds is 6. The smallest absolute Gasteiger partial charge is 0.251 e. The van der Waals surface area contributed by atoms with Crippen molar-refractivity contribution in [3.05, 3.63) is 77.4 Å². The zero-order valence-electron chi connectivity index (χ0n) is 14.9. The van der Waals surface area contributed by atoms with Crippen molar-refractivity contribution in [3.8, 4) is 11.5 Å². The summed E-state index contributed by atoms with van der Waals surface area (Å²) in [6.45, 7) is 0. The van der Waals surface area contributed by atoms with Gasteiger partial charge in [-0.3, -0.25) is 4.79 Å². The standard InChI is InChI=1S/C22H21NO3/c1-25-20-13-17(14-21(15-20)26-2)8-7-16-9-11-19(12-10-16)23-22(24)18-5-3-4-6-18/h3-5,7-15H,6H2,1-2H3,(H,23,24)/b8-7+. The average Bonchev–Trinajstić information content (AvgIpc) is 3.22. The molecule has 0 radical (unpaired) electrons. The summed E-state index contributed by atoms with van der Waals surface area (Å²) in [6.07, 6.45) is 10.4. The van der Waals surface area contributed by atoms with Crippen LogP contribution in [0.1, 0.15) is 17.5 Å². The van der Waals surface area contributed by atoms with Crippen LogP contribution in [0.3, 0.4) is 0 Å². The lowest BCUT2D eigenvalue weighted by atomic mass is 10.1. The van der Waals surface area contributed by atoms with E-state index in [4.69, 9.17) is 9.47 Å². The first-order valence-corrected chi connectivity index (χ1v) is 8.36. The molecule has 2 aromatic carbocycles. The van der Waals surface area contributed by atoms with Crippen LogP contribution < -0.4 is 14.8 Å². The molecule has 0 saturated heterocycles. The SMILES string of the molecule is COc1cc(/C=C/c2ccc(NC(=O)C3=CC=CC3)cc2)cc(OC)c1. The number of nitrogens with one attached hydrogen (secondary N) is 1. The fourth-order valence-electron chi connectivity index (χ4n) is 2.62. The van der Waals surface area contributed by atoms with Gasteiger partial charge in [-0.25, -0.2) is 0 Å². The van der Waals surface area contributed by atoms with Gasteiger partial charge in [-0.1, -0.05) is 42.5 Å². The first-order valence-electron chi connectivity index (χ1n) is 8.36. The summed E-state index contributed by atoms with van der Waals surface area (Å²) in [5.41, 5.74) is 3.58. The Labute approximate surface area is 153 Å². The highest BCUT2D eigenvalue weighted by molar-refractivity contribution is 6.04. The number of methoxy groups -OCH3 is 2. The van der Waals surface area contributed by atoms with Crippen molar-refractivity contribution in [2.75, 3.05) is 19.5 Å². The van der Waals surface area contributed by atoms with Gasteiger partial charge in [0.25, 0.3) is 5.91 Å². The highest BCUT2D eigenvalue weighted by Gasteiger charge is 2.09. The first-order chi connectivity index (χ1) is 12.7. The van der Waals surface area contributed by atoms with E-state index in [2.05, 4.69) is 5.32 Å². The Morgan fingerprint density at radius 3 is 2.19 bits per heavy atom. The quantitative estimate of drug-likeness (QED) is 0.771.